The monoisotopic (exact) mass is 318 g/mol. The van der Waals surface area contributed by atoms with Gasteiger partial charge in [-0.1, -0.05) is 17.7 Å². The fraction of sp³-hybridized carbons (Fsp3) is 0.375. The average Bonchev–Trinajstić information content (AvgIpc) is 2.88. The van der Waals surface area contributed by atoms with Crippen molar-refractivity contribution in [3.05, 3.63) is 47.5 Å². The van der Waals surface area contributed by atoms with Crippen molar-refractivity contribution >= 4 is 23.2 Å². The van der Waals surface area contributed by atoms with Crippen LogP contribution in [0.5, 0.6) is 0 Å². The van der Waals surface area contributed by atoms with Gasteiger partial charge in [0.05, 0.1) is 13.1 Å². The number of imidazole rings is 1. The Morgan fingerprint density at radius 1 is 1.41 bits per heavy atom. The van der Waals surface area contributed by atoms with Crippen LogP contribution >= 0.6 is 11.6 Å². The zero-order chi connectivity index (χ0) is 15.7. The maximum Gasteiger partial charge on any atom is 0.241 e. The molecule has 2 aromatic rings. The van der Waals surface area contributed by atoms with Gasteiger partial charge in [-0.15, -0.1) is 0 Å². The molecule has 0 unspecified atom stereocenters. The van der Waals surface area contributed by atoms with E-state index in [1.165, 1.54) is 0 Å². The quantitative estimate of drug-likeness (QED) is 0.872. The summed E-state index contributed by atoms with van der Waals surface area (Å²) in [6.07, 6.45) is 3.70. The first-order valence-electron chi connectivity index (χ1n) is 7.31. The van der Waals surface area contributed by atoms with Gasteiger partial charge in [-0.05, 0) is 25.1 Å². The third-order valence-electron chi connectivity index (χ3n) is 4.09. The molecule has 2 heterocycles. The van der Waals surface area contributed by atoms with Gasteiger partial charge in [0.1, 0.15) is 5.82 Å². The molecule has 116 valence electrons. The van der Waals surface area contributed by atoms with Crippen LogP contribution < -0.4 is 4.90 Å². The van der Waals surface area contributed by atoms with Crippen molar-refractivity contribution in [2.75, 3.05) is 18.0 Å². The maximum atomic E-state index is 12.5. The van der Waals surface area contributed by atoms with Crippen LogP contribution in [-0.4, -0.2) is 39.5 Å². The summed E-state index contributed by atoms with van der Waals surface area (Å²) in [5.41, 5.74) is 0.862. The predicted octanol–water partition coefficient (Wildman–Crippen LogP) is 2.31. The summed E-state index contributed by atoms with van der Waals surface area (Å²) >= 11 is 6.03. The molecule has 0 radical (unpaired) electrons. The van der Waals surface area contributed by atoms with Gasteiger partial charge in [0, 0.05) is 42.7 Å². The van der Waals surface area contributed by atoms with Gasteiger partial charge in [-0.3, -0.25) is 9.69 Å². The molecule has 6 heteroatoms. The molecule has 0 bridgehead atoms. The lowest BCUT2D eigenvalue weighted by Gasteiger charge is -2.39. The molecule has 3 rings (SSSR count). The summed E-state index contributed by atoms with van der Waals surface area (Å²) in [6.45, 7) is 3.86. The Morgan fingerprint density at radius 2 is 2.23 bits per heavy atom. The molecular weight excluding hydrogens is 300 g/mol. The Labute approximate surface area is 135 Å². The van der Waals surface area contributed by atoms with E-state index in [9.17, 15) is 4.79 Å². The number of hydrogen-bond donors (Lipinski definition) is 0. The van der Waals surface area contributed by atoms with E-state index in [0.717, 1.165) is 11.5 Å². The van der Waals surface area contributed by atoms with Gasteiger partial charge in [-0.25, -0.2) is 4.98 Å². The van der Waals surface area contributed by atoms with Gasteiger partial charge in [-0.2, -0.15) is 0 Å². The van der Waals surface area contributed by atoms with Crippen LogP contribution in [0.1, 0.15) is 12.7 Å². The van der Waals surface area contributed by atoms with Crippen molar-refractivity contribution in [2.45, 2.75) is 19.5 Å². The highest BCUT2D eigenvalue weighted by molar-refractivity contribution is 6.30. The molecular formula is C16H19ClN4O. The van der Waals surface area contributed by atoms with E-state index in [4.69, 9.17) is 11.6 Å². The molecule has 0 N–H and O–H groups in total. The van der Waals surface area contributed by atoms with Crippen LogP contribution in [0.3, 0.4) is 0 Å². The smallest absolute Gasteiger partial charge is 0.241 e. The molecule has 0 spiro atoms. The van der Waals surface area contributed by atoms with Gasteiger partial charge < -0.3 is 9.47 Å². The topological polar surface area (TPSA) is 41.4 Å². The number of nitrogens with zero attached hydrogens (tertiary/aromatic N) is 4. The molecule has 1 fully saturated rings. The minimum atomic E-state index is 0.0922. The van der Waals surface area contributed by atoms with Crippen molar-refractivity contribution in [1.29, 1.82) is 0 Å². The van der Waals surface area contributed by atoms with Gasteiger partial charge in [0.2, 0.25) is 5.91 Å². The van der Waals surface area contributed by atoms with Crippen LogP contribution in [-0.2, 0) is 18.4 Å². The number of hydrogen-bond acceptors (Lipinski definition) is 3. The number of carbonyl (C=O) groups is 1. The first kappa shape index (κ1) is 15.1. The largest absolute Gasteiger partial charge is 0.337 e. The van der Waals surface area contributed by atoms with Crippen molar-refractivity contribution in [1.82, 2.24) is 14.5 Å². The van der Waals surface area contributed by atoms with Crippen LogP contribution in [0.2, 0.25) is 5.02 Å². The van der Waals surface area contributed by atoms with E-state index in [2.05, 4.69) is 16.8 Å². The number of aryl methyl sites for hydroxylation is 1. The minimum absolute atomic E-state index is 0.0922. The Hall–Kier alpha value is -1.85. The number of amides is 1. The summed E-state index contributed by atoms with van der Waals surface area (Å²) in [5.74, 6) is 1.06. The molecule has 1 aromatic heterocycles. The Bertz CT molecular complexity index is 684. The number of carbonyl (C=O) groups excluding carboxylic acids is 1. The zero-order valence-electron chi connectivity index (χ0n) is 12.7. The predicted molar refractivity (Wildman–Crippen MR) is 86.9 cm³/mol. The lowest BCUT2D eigenvalue weighted by molar-refractivity contribution is -0.122. The molecule has 1 atom stereocenters. The zero-order valence-corrected chi connectivity index (χ0v) is 13.5. The third kappa shape index (κ3) is 3.00. The summed E-state index contributed by atoms with van der Waals surface area (Å²) in [7, 11) is 1.97. The van der Waals surface area contributed by atoms with E-state index in [1.54, 1.807) is 6.20 Å². The second kappa shape index (κ2) is 6.10. The minimum Gasteiger partial charge on any atom is -0.337 e. The molecule has 1 amide bonds. The van der Waals surface area contributed by atoms with Crippen molar-refractivity contribution < 1.29 is 4.79 Å². The van der Waals surface area contributed by atoms with E-state index in [-0.39, 0.29) is 11.9 Å². The first-order valence-corrected chi connectivity index (χ1v) is 7.68. The fourth-order valence-electron chi connectivity index (χ4n) is 2.73. The summed E-state index contributed by atoms with van der Waals surface area (Å²) in [6, 6.07) is 7.70. The normalized spacial score (nSPS) is 19.7. The second-order valence-electron chi connectivity index (χ2n) is 5.69. The van der Waals surface area contributed by atoms with Gasteiger partial charge in [0.25, 0.3) is 0 Å². The lowest BCUT2D eigenvalue weighted by Crippen LogP contribution is -2.55. The highest BCUT2D eigenvalue weighted by Gasteiger charge is 2.30. The highest BCUT2D eigenvalue weighted by atomic mass is 35.5. The summed E-state index contributed by atoms with van der Waals surface area (Å²) in [4.78, 5) is 20.8. The third-order valence-corrected chi connectivity index (χ3v) is 4.33. The Balaban J connectivity index is 1.74. The van der Waals surface area contributed by atoms with Crippen LogP contribution in [0.25, 0.3) is 0 Å². The molecule has 1 aromatic carbocycles. The number of halogens is 1. The molecule has 0 saturated carbocycles. The molecule has 1 aliphatic rings. The second-order valence-corrected chi connectivity index (χ2v) is 6.13. The molecule has 0 aliphatic carbocycles. The number of aromatic nitrogens is 2. The molecule has 1 aliphatic heterocycles. The fourth-order valence-corrected chi connectivity index (χ4v) is 2.92. The van der Waals surface area contributed by atoms with Crippen LogP contribution in [0.15, 0.2) is 36.7 Å². The SMILES string of the molecule is C[C@H]1CN(c2cccc(Cl)c2)C(=O)CN1Cc1nccn1C. The number of benzene rings is 1. The molecule has 1 saturated heterocycles. The van der Waals surface area contributed by atoms with Crippen molar-refractivity contribution in [2.24, 2.45) is 7.05 Å². The number of piperazine rings is 1. The average molecular weight is 319 g/mol. The van der Waals surface area contributed by atoms with Crippen LogP contribution in [0, 0.1) is 0 Å². The van der Waals surface area contributed by atoms with E-state index < -0.39 is 0 Å². The Kier molecular flexibility index (Phi) is 4.18. The number of rotatable bonds is 3. The van der Waals surface area contributed by atoms with Gasteiger partial charge in [0.15, 0.2) is 0 Å². The van der Waals surface area contributed by atoms with Crippen LogP contribution in [0.4, 0.5) is 5.69 Å². The van der Waals surface area contributed by atoms with E-state index in [1.807, 2.05) is 47.0 Å². The Morgan fingerprint density at radius 3 is 2.91 bits per heavy atom. The summed E-state index contributed by atoms with van der Waals surface area (Å²) in [5, 5.41) is 0.647. The maximum absolute atomic E-state index is 12.5. The van der Waals surface area contributed by atoms with Crippen molar-refractivity contribution in [3.8, 4) is 0 Å². The van der Waals surface area contributed by atoms with Crippen molar-refractivity contribution in [3.63, 3.8) is 0 Å². The van der Waals surface area contributed by atoms with E-state index in [0.29, 0.717) is 24.7 Å². The number of anilines is 1. The van der Waals surface area contributed by atoms with Gasteiger partial charge >= 0.3 is 0 Å². The summed E-state index contributed by atoms with van der Waals surface area (Å²) < 4.78 is 1.99. The first-order chi connectivity index (χ1) is 10.5. The molecule has 22 heavy (non-hydrogen) atoms. The van der Waals surface area contributed by atoms with E-state index >= 15 is 0 Å². The molecule has 5 nitrogen and oxygen atoms in total. The lowest BCUT2D eigenvalue weighted by atomic mass is 10.1. The standard InChI is InChI=1S/C16H19ClN4O/c1-12-9-21(14-5-3-4-13(17)8-14)16(22)11-20(12)10-15-18-6-7-19(15)2/h3-8,12H,9-11H2,1-2H3/t12-/m0/s1. The highest BCUT2D eigenvalue weighted by Crippen LogP contribution is 2.23.